The van der Waals surface area contributed by atoms with E-state index in [-0.39, 0.29) is 18.8 Å². The molecule has 0 aliphatic rings. The monoisotopic (exact) mass is 640 g/mol. The molecule has 0 saturated heterocycles. The van der Waals surface area contributed by atoms with Crippen LogP contribution >= 0.6 is 12.4 Å². The Morgan fingerprint density at radius 3 is 1.15 bits per heavy atom. The molecule has 20 heteroatoms. The van der Waals surface area contributed by atoms with Crippen LogP contribution in [0.4, 0.5) is 74.6 Å². The van der Waals surface area contributed by atoms with E-state index >= 15 is 0 Å². The lowest BCUT2D eigenvalue weighted by Crippen LogP contribution is -2.74. The summed E-state index contributed by atoms with van der Waals surface area (Å²) in [5.41, 5.74) is 0. The second-order valence-corrected chi connectivity index (χ2v) is 8.16. The SMILES string of the molecule is CCCCCCCCCCC(=O)OC(F)(F)C(F)(F)C(F)(F)C(F)(F)C(F)(F)C(F)(F)C(F)(F)C(F)(F)F.Cl. The Labute approximate surface area is 216 Å². The van der Waals surface area contributed by atoms with Gasteiger partial charge in [0.05, 0.1) is 0 Å². The number of hydrogen-bond donors (Lipinski definition) is 0. The van der Waals surface area contributed by atoms with Crippen LogP contribution in [-0.2, 0) is 9.53 Å². The fourth-order valence-corrected chi connectivity index (χ4v) is 2.81. The molecular weight excluding hydrogens is 619 g/mol. The summed E-state index contributed by atoms with van der Waals surface area (Å²) < 4.78 is 226. The van der Waals surface area contributed by atoms with Gasteiger partial charge in [-0.2, -0.15) is 74.6 Å². The van der Waals surface area contributed by atoms with Gasteiger partial charge in [0.15, 0.2) is 0 Å². The van der Waals surface area contributed by atoms with E-state index in [0.717, 1.165) is 25.7 Å². The van der Waals surface area contributed by atoms with E-state index in [9.17, 15) is 79.4 Å². The zero-order valence-corrected chi connectivity index (χ0v) is 20.3. The van der Waals surface area contributed by atoms with E-state index in [1.807, 2.05) is 6.92 Å². The van der Waals surface area contributed by atoms with Crippen LogP contribution in [0.2, 0.25) is 0 Å². The molecule has 0 atom stereocenters. The zero-order valence-electron chi connectivity index (χ0n) is 19.5. The second kappa shape index (κ2) is 13.0. The normalized spacial score (nSPS) is 14.7. The van der Waals surface area contributed by atoms with Crippen LogP contribution in [0, 0.1) is 0 Å². The Hall–Kier alpha value is -1.43. The van der Waals surface area contributed by atoms with Gasteiger partial charge in [0, 0.05) is 6.42 Å². The van der Waals surface area contributed by atoms with E-state index in [1.165, 1.54) is 0 Å². The molecule has 0 bridgehead atoms. The fourth-order valence-electron chi connectivity index (χ4n) is 2.81. The van der Waals surface area contributed by atoms with E-state index in [0.29, 0.717) is 12.8 Å². The number of alkyl halides is 17. The van der Waals surface area contributed by atoms with E-state index < -0.39 is 66.6 Å². The highest BCUT2D eigenvalue weighted by atomic mass is 35.5. The first kappa shape index (κ1) is 39.7. The van der Waals surface area contributed by atoms with Crippen molar-refractivity contribution in [3.8, 4) is 0 Å². The van der Waals surface area contributed by atoms with Gasteiger partial charge in [-0.25, -0.2) is 0 Å². The maximum Gasteiger partial charge on any atom is 0.473 e. The average Bonchev–Trinajstić information content (AvgIpc) is 2.73. The Bertz CT molecular complexity index is 780. The highest BCUT2D eigenvalue weighted by molar-refractivity contribution is 5.85. The summed E-state index contributed by atoms with van der Waals surface area (Å²) in [6.07, 6.45) is -12.2. The van der Waals surface area contributed by atoms with E-state index in [1.54, 1.807) is 0 Å². The van der Waals surface area contributed by atoms with Crippen molar-refractivity contribution >= 4 is 18.4 Å². The van der Waals surface area contributed by atoms with Gasteiger partial charge >= 0.3 is 53.8 Å². The maximum atomic E-state index is 13.6. The van der Waals surface area contributed by atoms with Crippen LogP contribution in [0.15, 0.2) is 0 Å². The second-order valence-electron chi connectivity index (χ2n) is 8.16. The quantitative estimate of drug-likeness (QED) is 0.0955. The standard InChI is InChI=1S/C19H21F17O2.ClH/c1-2-3-4-5-6-7-8-9-10-11(37)38-19(35,36)17(30,31)15(26,27)13(22,23)12(20,21)14(24,25)16(28,29)18(32,33)34;/h2-10H2,1H3;1H. The molecule has 0 amide bonds. The van der Waals surface area contributed by atoms with Gasteiger partial charge in [-0.05, 0) is 6.42 Å². The smallest absolute Gasteiger partial charge is 0.396 e. The Balaban J connectivity index is 0. The molecule has 0 aromatic rings. The van der Waals surface area contributed by atoms with Crippen LogP contribution in [-0.4, -0.2) is 53.8 Å². The van der Waals surface area contributed by atoms with Crippen LogP contribution in [0.5, 0.6) is 0 Å². The molecule has 0 aromatic carbocycles. The highest BCUT2D eigenvalue weighted by Gasteiger charge is 2.95. The number of carbonyl (C=O) groups excluding carboxylic acids is 1. The first-order valence-corrected chi connectivity index (χ1v) is 10.6. The third-order valence-corrected chi connectivity index (χ3v) is 5.17. The topological polar surface area (TPSA) is 26.3 Å². The number of esters is 1. The van der Waals surface area contributed by atoms with Crippen molar-refractivity contribution in [2.75, 3.05) is 0 Å². The minimum Gasteiger partial charge on any atom is -0.396 e. The third-order valence-electron chi connectivity index (χ3n) is 5.17. The molecule has 0 unspecified atom stereocenters. The lowest BCUT2D eigenvalue weighted by Gasteiger charge is -2.42. The molecule has 0 N–H and O–H groups in total. The maximum absolute atomic E-state index is 13.6. The molecule has 39 heavy (non-hydrogen) atoms. The van der Waals surface area contributed by atoms with Crippen molar-refractivity contribution in [3.63, 3.8) is 0 Å². The van der Waals surface area contributed by atoms with Crippen LogP contribution in [0.25, 0.3) is 0 Å². The molecule has 0 aromatic heterocycles. The summed E-state index contributed by atoms with van der Waals surface area (Å²) in [7, 11) is 0. The Morgan fingerprint density at radius 2 is 0.795 bits per heavy atom. The summed E-state index contributed by atoms with van der Waals surface area (Å²) in [6, 6.07) is 0. The summed E-state index contributed by atoms with van der Waals surface area (Å²) >= 11 is 0. The molecule has 0 heterocycles. The van der Waals surface area contributed by atoms with Crippen molar-refractivity contribution in [1.29, 1.82) is 0 Å². The first-order chi connectivity index (χ1) is 16.7. The van der Waals surface area contributed by atoms with Gasteiger partial charge in [-0.3, -0.25) is 4.79 Å². The van der Waals surface area contributed by atoms with E-state index in [4.69, 9.17) is 0 Å². The van der Waals surface area contributed by atoms with Crippen LogP contribution in [0.1, 0.15) is 64.7 Å². The van der Waals surface area contributed by atoms with Gasteiger partial charge in [-0.15, -0.1) is 12.4 Å². The summed E-state index contributed by atoms with van der Waals surface area (Å²) in [5.74, 6) is -53.2. The van der Waals surface area contributed by atoms with Gasteiger partial charge in [-0.1, -0.05) is 51.9 Å². The molecule has 0 spiro atoms. The highest BCUT2D eigenvalue weighted by Crippen LogP contribution is 2.64. The minimum absolute atomic E-state index is 0. The molecule has 0 rings (SSSR count). The number of hydrogen-bond acceptors (Lipinski definition) is 2. The Morgan fingerprint density at radius 1 is 0.487 bits per heavy atom. The van der Waals surface area contributed by atoms with Crippen LogP contribution < -0.4 is 0 Å². The van der Waals surface area contributed by atoms with Crippen molar-refractivity contribution in [3.05, 3.63) is 0 Å². The Kier molecular flexibility index (Phi) is 13.3. The van der Waals surface area contributed by atoms with Gasteiger partial charge in [0.2, 0.25) is 0 Å². The third kappa shape index (κ3) is 7.45. The number of halogens is 18. The average molecular weight is 641 g/mol. The van der Waals surface area contributed by atoms with E-state index in [2.05, 4.69) is 4.74 Å². The summed E-state index contributed by atoms with van der Waals surface area (Å²) in [5, 5.41) is 0. The summed E-state index contributed by atoms with van der Waals surface area (Å²) in [6.45, 7) is 1.91. The van der Waals surface area contributed by atoms with Crippen molar-refractivity contribution in [1.82, 2.24) is 0 Å². The molecule has 0 fully saturated rings. The van der Waals surface area contributed by atoms with Crippen LogP contribution in [0.3, 0.4) is 0 Å². The molecule has 2 nitrogen and oxygen atoms in total. The molecule has 0 saturated carbocycles. The molecule has 0 aliphatic carbocycles. The number of ether oxygens (including phenoxy) is 1. The predicted molar refractivity (Wildman–Crippen MR) is 101 cm³/mol. The molecule has 0 radical (unpaired) electrons. The van der Waals surface area contributed by atoms with Gasteiger partial charge < -0.3 is 4.74 Å². The predicted octanol–water partition coefficient (Wildman–Crippen LogP) is 9.45. The number of carbonyl (C=O) groups is 1. The lowest BCUT2D eigenvalue weighted by molar-refractivity contribution is -0.474. The molecular formula is C19H22ClF17O2. The zero-order chi connectivity index (χ0) is 30.6. The molecule has 0 aliphatic heterocycles. The largest absolute Gasteiger partial charge is 0.473 e. The fraction of sp³-hybridized carbons (Fsp3) is 0.947. The summed E-state index contributed by atoms with van der Waals surface area (Å²) in [4.78, 5) is 11.3. The first-order valence-electron chi connectivity index (χ1n) is 10.6. The minimum atomic E-state index is -8.72. The lowest BCUT2D eigenvalue weighted by atomic mass is 9.90. The van der Waals surface area contributed by atoms with Crippen molar-refractivity contribution in [2.24, 2.45) is 0 Å². The molecule has 236 valence electrons. The van der Waals surface area contributed by atoms with Gasteiger partial charge in [0.25, 0.3) is 0 Å². The van der Waals surface area contributed by atoms with Gasteiger partial charge in [0.1, 0.15) is 0 Å². The number of unbranched alkanes of at least 4 members (excludes halogenated alkanes) is 7. The van der Waals surface area contributed by atoms with Crippen molar-refractivity contribution < 1.29 is 84.2 Å². The number of rotatable bonds is 16. The van der Waals surface area contributed by atoms with Crippen molar-refractivity contribution in [2.45, 2.75) is 113 Å².